The summed E-state index contributed by atoms with van der Waals surface area (Å²) in [6, 6.07) is 11.5. The number of guanidine groups is 1. The van der Waals surface area contributed by atoms with E-state index < -0.39 is 0 Å². The molecule has 1 amide bonds. The molecule has 0 radical (unpaired) electrons. The van der Waals surface area contributed by atoms with Crippen LogP contribution in [0.5, 0.6) is 0 Å². The second-order valence-electron chi connectivity index (χ2n) is 7.76. The van der Waals surface area contributed by atoms with Gasteiger partial charge in [0.05, 0.1) is 12.6 Å². The van der Waals surface area contributed by atoms with Gasteiger partial charge in [0.1, 0.15) is 0 Å². The lowest BCUT2D eigenvalue weighted by Crippen LogP contribution is -2.39. The molecule has 1 saturated heterocycles. The fourth-order valence-corrected chi connectivity index (χ4v) is 3.66. The highest BCUT2D eigenvalue weighted by molar-refractivity contribution is 14.0. The molecule has 1 aliphatic heterocycles. The Kier molecular flexibility index (Phi) is 10.8. The first-order valence-corrected chi connectivity index (χ1v) is 10.9. The first-order chi connectivity index (χ1) is 13.8. The summed E-state index contributed by atoms with van der Waals surface area (Å²) in [6.45, 7) is 6.69. The first-order valence-electron chi connectivity index (χ1n) is 10.9. The molecular weight excluding hydrogens is 477 g/mol. The van der Waals surface area contributed by atoms with E-state index in [0.29, 0.717) is 18.5 Å². The molecule has 29 heavy (non-hydrogen) atoms. The number of rotatable bonds is 10. The van der Waals surface area contributed by atoms with E-state index in [0.717, 1.165) is 57.9 Å². The summed E-state index contributed by atoms with van der Waals surface area (Å²) in [5.74, 6) is 1.01. The van der Waals surface area contributed by atoms with Crippen molar-refractivity contribution >= 4 is 35.8 Å². The Hall–Kier alpha value is -1.35. The van der Waals surface area contributed by atoms with E-state index in [1.54, 1.807) is 0 Å². The van der Waals surface area contributed by atoms with Crippen LogP contribution in [-0.4, -0.2) is 55.5 Å². The Balaban J connectivity index is 0.00000300. The number of benzene rings is 1. The third kappa shape index (κ3) is 8.50. The molecule has 1 atom stereocenters. The predicted octanol–water partition coefficient (Wildman–Crippen LogP) is 3.06. The van der Waals surface area contributed by atoms with Crippen molar-refractivity contribution in [2.45, 2.75) is 57.5 Å². The maximum atomic E-state index is 11.8. The topological polar surface area (TPSA) is 68.8 Å². The normalized spacial score (nSPS) is 18.0. The number of carbonyl (C=O) groups excluding carboxylic acids is 1. The van der Waals surface area contributed by atoms with Crippen molar-refractivity contribution in [3.63, 3.8) is 0 Å². The van der Waals surface area contributed by atoms with Gasteiger partial charge >= 0.3 is 0 Å². The van der Waals surface area contributed by atoms with E-state index in [2.05, 4.69) is 58.1 Å². The number of likely N-dealkylation sites (tertiary alicyclic amines) is 1. The van der Waals surface area contributed by atoms with Crippen molar-refractivity contribution in [3.05, 3.63) is 35.9 Å². The van der Waals surface area contributed by atoms with Gasteiger partial charge in [-0.3, -0.25) is 14.7 Å². The Bertz CT molecular complexity index is 629. The molecular formula is C22H36IN5O. The van der Waals surface area contributed by atoms with Crippen molar-refractivity contribution in [3.8, 4) is 0 Å². The van der Waals surface area contributed by atoms with E-state index in [4.69, 9.17) is 4.99 Å². The number of aliphatic imine (C=N–C) groups is 1. The lowest BCUT2D eigenvalue weighted by atomic mass is 10.1. The molecule has 2 fully saturated rings. The van der Waals surface area contributed by atoms with Crippen LogP contribution in [-0.2, 0) is 4.79 Å². The van der Waals surface area contributed by atoms with Gasteiger partial charge in [0.25, 0.3) is 0 Å². The molecule has 3 rings (SSSR count). The van der Waals surface area contributed by atoms with Crippen molar-refractivity contribution in [1.29, 1.82) is 0 Å². The van der Waals surface area contributed by atoms with Crippen LogP contribution in [0.25, 0.3) is 0 Å². The standard InChI is InChI=1S/C22H35N5O.HI/c1-2-23-22(24-14-8-11-21(28)26-19-12-13-19)25-17-20(27-15-6-7-16-27)18-9-4-3-5-10-18;/h3-5,9-10,19-20H,2,6-8,11-17H2,1H3,(H,26,28)(H2,23,24,25);1H. The molecule has 1 unspecified atom stereocenters. The van der Waals surface area contributed by atoms with Gasteiger partial charge < -0.3 is 16.0 Å². The summed E-state index contributed by atoms with van der Waals surface area (Å²) < 4.78 is 0. The average Bonchev–Trinajstić information content (AvgIpc) is 3.35. The molecule has 7 heteroatoms. The average molecular weight is 513 g/mol. The largest absolute Gasteiger partial charge is 0.357 e. The molecule has 2 aliphatic rings. The summed E-state index contributed by atoms with van der Waals surface area (Å²) in [7, 11) is 0. The number of amides is 1. The van der Waals surface area contributed by atoms with Crippen molar-refractivity contribution in [2.75, 3.05) is 32.7 Å². The Morgan fingerprint density at radius 2 is 1.90 bits per heavy atom. The van der Waals surface area contributed by atoms with E-state index in [9.17, 15) is 4.79 Å². The van der Waals surface area contributed by atoms with Crippen LogP contribution in [0.1, 0.15) is 57.1 Å². The lowest BCUT2D eigenvalue weighted by Gasteiger charge is -2.27. The SMILES string of the molecule is CCNC(=NCC(c1ccccc1)N1CCCC1)NCCCC(=O)NC1CC1.I. The number of nitrogens with one attached hydrogen (secondary N) is 3. The second kappa shape index (κ2) is 13.1. The fraction of sp³-hybridized carbons (Fsp3) is 0.636. The molecule has 1 saturated carbocycles. The summed E-state index contributed by atoms with van der Waals surface area (Å²) in [5, 5.41) is 9.75. The number of hydrogen-bond donors (Lipinski definition) is 3. The summed E-state index contributed by atoms with van der Waals surface area (Å²) in [5.41, 5.74) is 1.33. The van der Waals surface area contributed by atoms with Crippen molar-refractivity contribution in [1.82, 2.24) is 20.9 Å². The monoisotopic (exact) mass is 513 g/mol. The number of hydrogen-bond acceptors (Lipinski definition) is 3. The molecule has 0 aromatic heterocycles. The Morgan fingerprint density at radius 1 is 1.17 bits per heavy atom. The van der Waals surface area contributed by atoms with Crippen LogP contribution >= 0.6 is 24.0 Å². The van der Waals surface area contributed by atoms with Gasteiger partial charge in [-0.25, -0.2) is 0 Å². The molecule has 3 N–H and O–H groups in total. The van der Waals surface area contributed by atoms with Crippen LogP contribution in [0.2, 0.25) is 0 Å². The van der Waals surface area contributed by atoms with Crippen molar-refractivity contribution in [2.24, 2.45) is 4.99 Å². The van der Waals surface area contributed by atoms with Gasteiger partial charge in [-0.05, 0) is 57.7 Å². The molecule has 0 bridgehead atoms. The molecule has 1 aromatic rings. The summed E-state index contributed by atoms with van der Waals surface area (Å²) in [4.78, 5) is 19.2. The van der Waals surface area contributed by atoms with Crippen LogP contribution < -0.4 is 16.0 Å². The lowest BCUT2D eigenvalue weighted by molar-refractivity contribution is -0.121. The summed E-state index contributed by atoms with van der Waals surface area (Å²) in [6.07, 6.45) is 6.21. The van der Waals surface area contributed by atoms with Gasteiger partial charge in [-0.2, -0.15) is 0 Å². The third-order valence-corrected chi connectivity index (χ3v) is 5.35. The Morgan fingerprint density at radius 3 is 2.55 bits per heavy atom. The van der Waals surface area contributed by atoms with Crippen LogP contribution in [0.3, 0.4) is 0 Å². The van der Waals surface area contributed by atoms with E-state index >= 15 is 0 Å². The van der Waals surface area contributed by atoms with Gasteiger partial charge in [-0.15, -0.1) is 24.0 Å². The highest BCUT2D eigenvalue weighted by Gasteiger charge is 2.24. The quantitative estimate of drug-likeness (QED) is 0.195. The van der Waals surface area contributed by atoms with Gasteiger partial charge in [0.15, 0.2) is 5.96 Å². The highest BCUT2D eigenvalue weighted by atomic mass is 127. The molecule has 6 nitrogen and oxygen atoms in total. The van der Waals surface area contributed by atoms with Gasteiger partial charge in [0, 0.05) is 25.6 Å². The zero-order valence-electron chi connectivity index (χ0n) is 17.5. The first kappa shape index (κ1) is 23.9. The zero-order valence-corrected chi connectivity index (χ0v) is 19.9. The van der Waals surface area contributed by atoms with Crippen LogP contribution in [0.4, 0.5) is 0 Å². The minimum atomic E-state index is 0. The molecule has 1 heterocycles. The maximum Gasteiger partial charge on any atom is 0.220 e. The number of nitrogens with zero attached hydrogens (tertiary/aromatic N) is 2. The Labute approximate surface area is 192 Å². The number of halogens is 1. The smallest absolute Gasteiger partial charge is 0.220 e. The second-order valence-corrected chi connectivity index (χ2v) is 7.76. The minimum absolute atomic E-state index is 0. The molecule has 1 aromatic carbocycles. The molecule has 1 aliphatic carbocycles. The van der Waals surface area contributed by atoms with Gasteiger partial charge in [-0.1, -0.05) is 30.3 Å². The minimum Gasteiger partial charge on any atom is -0.357 e. The molecule has 0 spiro atoms. The predicted molar refractivity (Wildman–Crippen MR) is 130 cm³/mol. The van der Waals surface area contributed by atoms with Crippen molar-refractivity contribution < 1.29 is 4.79 Å². The fourth-order valence-electron chi connectivity index (χ4n) is 3.66. The highest BCUT2D eigenvalue weighted by Crippen LogP contribution is 2.25. The van der Waals surface area contributed by atoms with Crippen LogP contribution in [0.15, 0.2) is 35.3 Å². The van der Waals surface area contributed by atoms with Gasteiger partial charge in [0.2, 0.25) is 5.91 Å². The van der Waals surface area contributed by atoms with Crippen LogP contribution in [0, 0.1) is 0 Å². The zero-order chi connectivity index (χ0) is 19.6. The number of carbonyl (C=O) groups is 1. The maximum absolute atomic E-state index is 11.8. The third-order valence-electron chi connectivity index (χ3n) is 5.35. The summed E-state index contributed by atoms with van der Waals surface area (Å²) >= 11 is 0. The van der Waals surface area contributed by atoms with E-state index in [1.165, 1.54) is 18.4 Å². The van der Waals surface area contributed by atoms with E-state index in [1.807, 2.05) is 0 Å². The molecule has 162 valence electrons. The van der Waals surface area contributed by atoms with E-state index in [-0.39, 0.29) is 29.9 Å².